The molecule has 0 bridgehead atoms. The van der Waals surface area contributed by atoms with Gasteiger partial charge in [-0.25, -0.2) is 0 Å². The third kappa shape index (κ3) is 11.8. The number of amides is 1. The number of nitrogens with one attached hydrogen (secondary N) is 1. The second kappa shape index (κ2) is 11.8. The smallest absolute Gasteiger partial charge is 0.278 e. The highest BCUT2D eigenvalue weighted by atomic mass is 32.1. The van der Waals surface area contributed by atoms with Crippen LogP contribution in [0.4, 0.5) is 4.79 Å². The lowest BCUT2D eigenvalue weighted by Gasteiger charge is -2.13. The zero-order valence-corrected chi connectivity index (χ0v) is 10.0. The summed E-state index contributed by atoms with van der Waals surface area (Å²) in [4.78, 5) is 12.0. The maximum atomic E-state index is 10.4. The Balaban J connectivity index is 0. The zero-order valence-electron chi connectivity index (χ0n) is 9.13. The topological polar surface area (TPSA) is 32.3 Å². The van der Waals surface area contributed by atoms with Gasteiger partial charge in [-0.15, -0.1) is 0 Å². The summed E-state index contributed by atoms with van der Waals surface area (Å²) in [5, 5.41) is 2.97. The molecule has 0 saturated carbocycles. The lowest BCUT2D eigenvalue weighted by molar-refractivity contribution is 0.229. The number of nitrogens with zero attached hydrogens (tertiary/aromatic N) is 1. The van der Waals surface area contributed by atoms with Gasteiger partial charge in [0.25, 0.3) is 5.24 Å². The summed E-state index contributed by atoms with van der Waals surface area (Å²) in [5.41, 5.74) is 0. The third-order valence-corrected chi connectivity index (χ3v) is 1.82. The van der Waals surface area contributed by atoms with E-state index in [9.17, 15) is 4.79 Å². The number of hydrogen-bond acceptors (Lipinski definition) is 2. The van der Waals surface area contributed by atoms with Gasteiger partial charge >= 0.3 is 0 Å². The van der Waals surface area contributed by atoms with Crippen molar-refractivity contribution >= 4 is 17.9 Å². The largest absolute Gasteiger partial charge is 0.334 e. The number of hydrogen-bond donors (Lipinski definition) is 2. The number of carbonyl (C=O) groups excluding carboxylic acids is 1. The molecule has 0 spiro atoms. The quantitative estimate of drug-likeness (QED) is 0.690. The normalized spacial score (nSPS) is 8.69. The van der Waals surface area contributed by atoms with E-state index in [0.717, 1.165) is 26.2 Å². The van der Waals surface area contributed by atoms with Crippen LogP contribution in [0.25, 0.3) is 0 Å². The number of rotatable bonds is 4. The van der Waals surface area contributed by atoms with Crippen molar-refractivity contribution in [2.75, 3.05) is 26.2 Å². The van der Waals surface area contributed by atoms with Crippen LogP contribution in [0.2, 0.25) is 0 Å². The minimum atomic E-state index is -0.144. The van der Waals surface area contributed by atoms with E-state index in [2.05, 4.69) is 31.8 Å². The Kier molecular flexibility index (Phi) is 13.8. The molecular weight excluding hydrogens is 184 g/mol. The highest BCUT2D eigenvalue weighted by Crippen LogP contribution is 1.92. The van der Waals surface area contributed by atoms with Gasteiger partial charge in [0, 0.05) is 13.1 Å². The lowest BCUT2D eigenvalue weighted by atomic mass is 10.6. The van der Waals surface area contributed by atoms with E-state index in [0.29, 0.717) is 0 Å². The van der Waals surface area contributed by atoms with Crippen LogP contribution in [-0.4, -0.2) is 36.3 Å². The van der Waals surface area contributed by atoms with Gasteiger partial charge in [0.1, 0.15) is 0 Å². The van der Waals surface area contributed by atoms with Crippen molar-refractivity contribution in [3.05, 3.63) is 0 Å². The molecule has 1 amide bonds. The van der Waals surface area contributed by atoms with E-state index in [1.54, 1.807) is 4.90 Å². The fourth-order valence-corrected chi connectivity index (χ4v) is 1.03. The maximum absolute atomic E-state index is 10.4. The van der Waals surface area contributed by atoms with Crippen molar-refractivity contribution in [2.24, 2.45) is 0 Å². The fourth-order valence-electron chi connectivity index (χ4n) is 0.744. The van der Waals surface area contributed by atoms with E-state index in [1.165, 1.54) is 0 Å². The van der Waals surface area contributed by atoms with Gasteiger partial charge in [-0.2, -0.15) is 0 Å². The molecule has 3 nitrogen and oxygen atoms in total. The summed E-state index contributed by atoms with van der Waals surface area (Å²) >= 11 is 3.64. The summed E-state index contributed by atoms with van der Waals surface area (Å²) in [6, 6.07) is 0. The average molecular weight is 206 g/mol. The summed E-state index contributed by atoms with van der Waals surface area (Å²) in [7, 11) is 0. The van der Waals surface area contributed by atoms with Crippen LogP contribution in [0.15, 0.2) is 0 Å². The predicted molar refractivity (Wildman–Crippen MR) is 61.5 cm³/mol. The van der Waals surface area contributed by atoms with Gasteiger partial charge < -0.3 is 10.2 Å². The van der Waals surface area contributed by atoms with Crippen LogP contribution in [0.5, 0.6) is 0 Å². The molecule has 0 saturated heterocycles. The van der Waals surface area contributed by atoms with Crippen molar-refractivity contribution in [1.29, 1.82) is 0 Å². The number of carbonyl (C=O) groups is 1. The van der Waals surface area contributed by atoms with E-state index >= 15 is 0 Å². The molecule has 0 unspecified atom stereocenters. The van der Waals surface area contributed by atoms with Crippen molar-refractivity contribution in [1.82, 2.24) is 10.2 Å². The molecule has 0 rings (SSSR count). The molecule has 0 radical (unpaired) electrons. The van der Waals surface area contributed by atoms with Gasteiger partial charge in [-0.05, 0) is 26.9 Å². The first-order valence-electron chi connectivity index (χ1n) is 4.82. The molecule has 0 aliphatic heterocycles. The summed E-state index contributed by atoms with van der Waals surface area (Å²) in [5.74, 6) is 0. The van der Waals surface area contributed by atoms with Crippen molar-refractivity contribution in [2.45, 2.75) is 27.7 Å². The van der Waals surface area contributed by atoms with Crippen LogP contribution in [0, 0.1) is 0 Å². The van der Waals surface area contributed by atoms with E-state index in [-0.39, 0.29) is 5.24 Å². The Morgan fingerprint density at radius 3 is 1.54 bits per heavy atom. The maximum Gasteiger partial charge on any atom is 0.278 e. The number of thiol groups is 1. The second-order valence-electron chi connectivity index (χ2n) is 2.41. The van der Waals surface area contributed by atoms with Crippen molar-refractivity contribution in [3.63, 3.8) is 0 Å². The monoisotopic (exact) mass is 206 g/mol. The molecule has 80 valence electrons. The fraction of sp³-hybridized carbons (Fsp3) is 0.889. The van der Waals surface area contributed by atoms with Gasteiger partial charge in [-0.3, -0.25) is 4.79 Å². The van der Waals surface area contributed by atoms with Crippen LogP contribution in [0.1, 0.15) is 27.7 Å². The Morgan fingerprint density at radius 2 is 1.54 bits per heavy atom. The summed E-state index contributed by atoms with van der Waals surface area (Å²) < 4.78 is 0. The molecule has 0 aliphatic carbocycles. The molecular formula is C9H22N2OS. The molecule has 13 heavy (non-hydrogen) atoms. The summed E-state index contributed by atoms with van der Waals surface area (Å²) in [6.45, 7) is 11.7. The zero-order chi connectivity index (χ0) is 10.7. The Labute approximate surface area is 87.3 Å². The molecule has 0 aromatic heterocycles. The van der Waals surface area contributed by atoms with E-state index in [1.807, 2.05) is 13.8 Å². The van der Waals surface area contributed by atoms with Gasteiger partial charge in [0.2, 0.25) is 0 Å². The molecule has 4 heteroatoms. The van der Waals surface area contributed by atoms with Crippen LogP contribution < -0.4 is 5.32 Å². The lowest BCUT2D eigenvalue weighted by Crippen LogP contribution is -2.24. The first-order chi connectivity index (χ1) is 6.13. The van der Waals surface area contributed by atoms with Gasteiger partial charge in [-0.1, -0.05) is 26.5 Å². The molecule has 0 fully saturated rings. The van der Waals surface area contributed by atoms with Crippen molar-refractivity contribution < 1.29 is 4.79 Å². The molecule has 0 heterocycles. The second-order valence-corrected chi connectivity index (χ2v) is 2.79. The Hall–Kier alpha value is -0.220. The highest BCUT2D eigenvalue weighted by Gasteiger charge is 2.00. The first-order valence-corrected chi connectivity index (χ1v) is 5.27. The predicted octanol–water partition coefficient (Wildman–Crippen LogP) is 1.99. The molecule has 0 aromatic rings. The van der Waals surface area contributed by atoms with E-state index < -0.39 is 0 Å². The molecule has 0 atom stereocenters. The SMILES string of the molecule is CCN(CC)C(=O)S.CCNCC. The van der Waals surface area contributed by atoms with Crippen molar-refractivity contribution in [3.8, 4) is 0 Å². The standard InChI is InChI=1S/C5H11NOS.C4H11N/c1-3-6(4-2)5(7)8;1-3-5-4-2/h3-4H2,1-2H3,(H,7,8);5H,3-4H2,1-2H3. The van der Waals surface area contributed by atoms with Gasteiger partial charge in [0.05, 0.1) is 0 Å². The minimum Gasteiger partial charge on any atom is -0.334 e. The Morgan fingerprint density at radius 1 is 1.15 bits per heavy atom. The van der Waals surface area contributed by atoms with Crippen LogP contribution in [0.3, 0.4) is 0 Å². The molecule has 0 aliphatic rings. The van der Waals surface area contributed by atoms with E-state index in [4.69, 9.17) is 0 Å². The molecule has 1 N–H and O–H groups in total. The highest BCUT2D eigenvalue weighted by molar-refractivity contribution is 7.96. The summed E-state index contributed by atoms with van der Waals surface area (Å²) in [6.07, 6.45) is 0. The molecule has 0 aromatic carbocycles. The van der Waals surface area contributed by atoms with Crippen LogP contribution >= 0.6 is 12.6 Å². The van der Waals surface area contributed by atoms with Crippen LogP contribution in [-0.2, 0) is 0 Å². The Bertz CT molecular complexity index is 114. The minimum absolute atomic E-state index is 0.144. The average Bonchev–Trinajstić information content (AvgIpc) is 2.08. The van der Waals surface area contributed by atoms with Gasteiger partial charge in [0.15, 0.2) is 0 Å². The third-order valence-electron chi connectivity index (χ3n) is 1.53. The first kappa shape index (κ1) is 15.3.